The highest BCUT2D eigenvalue weighted by atomic mass is 19.1. The number of carbonyl (C=O) groups is 1. The Kier molecular flexibility index (Phi) is 3.75. The van der Waals surface area contributed by atoms with Gasteiger partial charge in [0.15, 0.2) is 0 Å². The second-order valence-corrected chi connectivity index (χ2v) is 3.93. The van der Waals surface area contributed by atoms with Crippen molar-refractivity contribution < 1.29 is 9.18 Å². The molecule has 0 aliphatic carbocycles. The van der Waals surface area contributed by atoms with E-state index in [2.05, 4.69) is 5.32 Å². The zero-order chi connectivity index (χ0) is 13.8. The maximum absolute atomic E-state index is 12.9. The Morgan fingerprint density at radius 1 is 1.26 bits per heavy atom. The lowest BCUT2D eigenvalue weighted by Gasteiger charge is -2.08. The molecule has 0 radical (unpaired) electrons. The second-order valence-electron chi connectivity index (χ2n) is 3.93. The molecule has 19 heavy (non-hydrogen) atoms. The van der Waals surface area contributed by atoms with Crippen LogP contribution in [-0.4, -0.2) is 17.0 Å². The molecule has 1 aromatic heterocycles. The quantitative estimate of drug-likeness (QED) is 0.913. The molecule has 0 fully saturated rings. The van der Waals surface area contributed by atoms with Crippen LogP contribution < -0.4 is 10.9 Å². The third-order valence-corrected chi connectivity index (χ3v) is 2.63. The Labute approximate surface area is 109 Å². The van der Waals surface area contributed by atoms with Crippen LogP contribution in [0.1, 0.15) is 17.3 Å². The third kappa shape index (κ3) is 2.70. The van der Waals surface area contributed by atoms with Crippen molar-refractivity contribution >= 4 is 5.91 Å². The normalized spacial score (nSPS) is 10.2. The average Bonchev–Trinajstić information content (AvgIpc) is 2.40. The molecule has 0 aliphatic rings. The minimum absolute atomic E-state index is 0.0636. The van der Waals surface area contributed by atoms with E-state index < -0.39 is 11.5 Å². The zero-order valence-corrected chi connectivity index (χ0v) is 10.4. The first kappa shape index (κ1) is 13.0. The van der Waals surface area contributed by atoms with Gasteiger partial charge in [-0.3, -0.25) is 14.2 Å². The van der Waals surface area contributed by atoms with Crippen LogP contribution >= 0.6 is 0 Å². The summed E-state index contributed by atoms with van der Waals surface area (Å²) in [4.78, 5) is 23.9. The average molecular weight is 260 g/mol. The summed E-state index contributed by atoms with van der Waals surface area (Å²) in [5, 5.41) is 2.58. The minimum atomic E-state index is -0.431. The first-order chi connectivity index (χ1) is 9.13. The van der Waals surface area contributed by atoms with E-state index in [1.807, 2.05) is 0 Å². The van der Waals surface area contributed by atoms with Crippen LogP contribution in [0, 0.1) is 5.82 Å². The minimum Gasteiger partial charge on any atom is -0.352 e. The number of benzene rings is 1. The summed E-state index contributed by atoms with van der Waals surface area (Å²) >= 11 is 0. The van der Waals surface area contributed by atoms with E-state index in [1.54, 1.807) is 13.0 Å². The van der Waals surface area contributed by atoms with Gasteiger partial charge in [-0.15, -0.1) is 0 Å². The smallest absolute Gasteiger partial charge is 0.267 e. The molecular weight excluding hydrogens is 247 g/mol. The molecule has 0 saturated carbocycles. The van der Waals surface area contributed by atoms with E-state index in [9.17, 15) is 14.0 Å². The molecule has 1 heterocycles. The number of hydrogen-bond acceptors (Lipinski definition) is 2. The molecule has 1 amide bonds. The number of hydrogen-bond donors (Lipinski definition) is 1. The topological polar surface area (TPSA) is 51.1 Å². The maximum Gasteiger partial charge on any atom is 0.267 e. The van der Waals surface area contributed by atoms with E-state index in [4.69, 9.17) is 0 Å². The van der Waals surface area contributed by atoms with E-state index in [0.717, 1.165) is 0 Å². The fraction of sp³-hybridized carbons (Fsp3) is 0.143. The lowest BCUT2D eigenvalue weighted by molar-refractivity contribution is 0.0954. The Morgan fingerprint density at radius 2 is 1.95 bits per heavy atom. The summed E-state index contributed by atoms with van der Waals surface area (Å²) in [5.41, 5.74) is 0.145. The van der Waals surface area contributed by atoms with Gasteiger partial charge in [0.25, 0.3) is 11.5 Å². The van der Waals surface area contributed by atoms with Crippen molar-refractivity contribution in [2.45, 2.75) is 6.92 Å². The lowest BCUT2D eigenvalue weighted by Crippen LogP contribution is -2.32. The maximum atomic E-state index is 12.9. The highest BCUT2D eigenvalue weighted by molar-refractivity contribution is 5.93. The van der Waals surface area contributed by atoms with Gasteiger partial charge in [0, 0.05) is 18.4 Å². The molecule has 2 rings (SSSR count). The lowest BCUT2D eigenvalue weighted by atomic mass is 10.2. The number of carbonyl (C=O) groups excluding carboxylic acids is 1. The fourth-order valence-electron chi connectivity index (χ4n) is 1.73. The molecule has 1 N–H and O–H groups in total. The molecule has 0 bridgehead atoms. The molecule has 98 valence electrons. The number of amides is 1. The van der Waals surface area contributed by atoms with Gasteiger partial charge in [-0.05, 0) is 43.3 Å². The number of nitrogens with one attached hydrogen (secondary N) is 1. The molecule has 1 aromatic carbocycles. The van der Waals surface area contributed by atoms with Crippen molar-refractivity contribution in [2.75, 3.05) is 6.54 Å². The number of pyridine rings is 1. The van der Waals surface area contributed by atoms with Crippen molar-refractivity contribution in [1.82, 2.24) is 9.88 Å². The van der Waals surface area contributed by atoms with Gasteiger partial charge in [0.1, 0.15) is 11.4 Å². The van der Waals surface area contributed by atoms with Crippen molar-refractivity contribution in [2.24, 2.45) is 0 Å². The van der Waals surface area contributed by atoms with E-state index in [1.165, 1.54) is 41.1 Å². The van der Waals surface area contributed by atoms with Crippen LogP contribution in [-0.2, 0) is 0 Å². The highest BCUT2D eigenvalue weighted by Crippen LogP contribution is 2.07. The van der Waals surface area contributed by atoms with Gasteiger partial charge >= 0.3 is 0 Å². The Balaban J connectivity index is 2.48. The molecule has 5 heteroatoms. The van der Waals surface area contributed by atoms with Gasteiger partial charge in [-0.1, -0.05) is 0 Å². The Hall–Kier alpha value is -2.43. The van der Waals surface area contributed by atoms with Gasteiger partial charge < -0.3 is 5.32 Å². The Morgan fingerprint density at radius 3 is 2.58 bits per heavy atom. The van der Waals surface area contributed by atoms with Gasteiger partial charge in [0.05, 0.1) is 0 Å². The van der Waals surface area contributed by atoms with Crippen LogP contribution in [0.5, 0.6) is 0 Å². The van der Waals surface area contributed by atoms with Gasteiger partial charge in [-0.25, -0.2) is 4.39 Å². The standard InChI is InChI=1S/C14H13FN2O2/c1-2-16-13(18)12-4-3-9-17(14(12)19)11-7-5-10(15)6-8-11/h3-9H,2H2,1H3,(H,16,18). The second kappa shape index (κ2) is 5.48. The van der Waals surface area contributed by atoms with E-state index >= 15 is 0 Å². The van der Waals surface area contributed by atoms with E-state index in [0.29, 0.717) is 12.2 Å². The molecule has 2 aromatic rings. The third-order valence-electron chi connectivity index (χ3n) is 2.63. The first-order valence-corrected chi connectivity index (χ1v) is 5.89. The predicted octanol–water partition coefficient (Wildman–Crippen LogP) is 1.73. The largest absolute Gasteiger partial charge is 0.352 e. The van der Waals surface area contributed by atoms with Crippen molar-refractivity contribution in [3.8, 4) is 5.69 Å². The van der Waals surface area contributed by atoms with Crippen molar-refractivity contribution in [3.05, 3.63) is 64.3 Å². The summed E-state index contributed by atoms with van der Waals surface area (Å²) < 4.78 is 14.2. The number of nitrogens with zero attached hydrogens (tertiary/aromatic N) is 1. The molecule has 0 spiro atoms. The van der Waals surface area contributed by atoms with Crippen LogP contribution in [0.3, 0.4) is 0 Å². The summed E-state index contributed by atoms with van der Waals surface area (Å²) in [5.74, 6) is -0.791. The predicted molar refractivity (Wildman–Crippen MR) is 70.0 cm³/mol. The monoisotopic (exact) mass is 260 g/mol. The van der Waals surface area contributed by atoms with Gasteiger partial charge in [-0.2, -0.15) is 0 Å². The van der Waals surface area contributed by atoms with Crippen LogP contribution in [0.2, 0.25) is 0 Å². The molecule has 0 atom stereocenters. The molecule has 0 saturated heterocycles. The van der Waals surface area contributed by atoms with Crippen LogP contribution in [0.4, 0.5) is 4.39 Å². The van der Waals surface area contributed by atoms with Crippen LogP contribution in [0.25, 0.3) is 5.69 Å². The van der Waals surface area contributed by atoms with E-state index in [-0.39, 0.29) is 11.4 Å². The number of halogens is 1. The molecular formula is C14H13FN2O2. The van der Waals surface area contributed by atoms with Crippen molar-refractivity contribution in [1.29, 1.82) is 0 Å². The summed E-state index contributed by atoms with van der Waals surface area (Å²) in [6.07, 6.45) is 1.54. The summed E-state index contributed by atoms with van der Waals surface area (Å²) in [7, 11) is 0. The van der Waals surface area contributed by atoms with Crippen LogP contribution in [0.15, 0.2) is 47.4 Å². The molecule has 4 nitrogen and oxygen atoms in total. The first-order valence-electron chi connectivity index (χ1n) is 5.89. The molecule has 0 aliphatic heterocycles. The van der Waals surface area contributed by atoms with Gasteiger partial charge in [0.2, 0.25) is 0 Å². The fourth-order valence-corrected chi connectivity index (χ4v) is 1.73. The SMILES string of the molecule is CCNC(=O)c1cccn(-c2ccc(F)cc2)c1=O. The Bertz CT molecular complexity index is 647. The summed E-state index contributed by atoms with van der Waals surface area (Å²) in [6, 6.07) is 8.57. The number of rotatable bonds is 3. The zero-order valence-electron chi connectivity index (χ0n) is 10.4. The molecule has 0 unspecified atom stereocenters. The number of aromatic nitrogens is 1. The van der Waals surface area contributed by atoms with Crippen molar-refractivity contribution in [3.63, 3.8) is 0 Å². The summed E-state index contributed by atoms with van der Waals surface area (Å²) in [6.45, 7) is 2.23. The highest BCUT2D eigenvalue weighted by Gasteiger charge is 2.11.